The molecule has 0 saturated carbocycles. The Hall–Kier alpha value is -2.60. The van der Waals surface area contributed by atoms with Gasteiger partial charge in [-0.15, -0.1) is 0 Å². The van der Waals surface area contributed by atoms with E-state index in [1.54, 1.807) is 10.6 Å². The van der Waals surface area contributed by atoms with Crippen LogP contribution in [-0.4, -0.2) is 21.2 Å². The molecule has 1 heterocycles. The Morgan fingerprint density at radius 3 is 2.38 bits per heavy atom. The molecule has 0 aliphatic rings. The molecule has 1 amide bonds. The molecule has 0 atom stereocenters. The van der Waals surface area contributed by atoms with Crippen molar-refractivity contribution in [3.8, 4) is 0 Å². The summed E-state index contributed by atoms with van der Waals surface area (Å²) in [6, 6.07) is 13.5. The van der Waals surface area contributed by atoms with Gasteiger partial charge in [0.05, 0.1) is 16.7 Å². The number of hydrogen-bond donors (Lipinski definition) is 1. The van der Waals surface area contributed by atoms with Crippen LogP contribution in [0.1, 0.15) is 38.3 Å². The molecule has 0 saturated heterocycles. The molecule has 1 aromatic heterocycles. The zero-order valence-corrected chi connectivity index (χ0v) is 18.0. The Labute approximate surface area is 175 Å². The summed E-state index contributed by atoms with van der Waals surface area (Å²) in [6.45, 7) is 6.78. The predicted octanol–water partition coefficient (Wildman–Crippen LogP) is 4.66. The quantitative estimate of drug-likeness (QED) is 0.434. The van der Waals surface area contributed by atoms with E-state index >= 15 is 0 Å². The fourth-order valence-electron chi connectivity index (χ4n) is 3.39. The van der Waals surface area contributed by atoms with E-state index in [1.807, 2.05) is 43.3 Å². The Morgan fingerprint density at radius 2 is 1.72 bits per heavy atom. The smallest absolute Gasteiger partial charge is 0.262 e. The van der Waals surface area contributed by atoms with E-state index in [9.17, 15) is 9.59 Å². The molecule has 29 heavy (non-hydrogen) atoms. The molecule has 0 aliphatic heterocycles. The standard InChI is InChI=1S/C23H27N3O2S/c1-4-14-26-22(28)18-12-7-8-13-19(18)24-23(26)29-15-20(27)25-21-16(5-2)10-9-11-17(21)6-3/h7-13H,4-6,14-15H2,1-3H3,(H,25,27). The maximum atomic E-state index is 12.9. The van der Waals surface area contributed by atoms with Crippen molar-refractivity contribution in [3.05, 3.63) is 63.9 Å². The molecule has 5 nitrogen and oxygen atoms in total. The van der Waals surface area contributed by atoms with E-state index in [1.165, 1.54) is 11.8 Å². The highest BCUT2D eigenvalue weighted by molar-refractivity contribution is 7.99. The van der Waals surface area contributed by atoms with Crippen LogP contribution in [0.2, 0.25) is 0 Å². The number of aromatic nitrogens is 2. The van der Waals surface area contributed by atoms with Crippen molar-refractivity contribution < 1.29 is 4.79 Å². The Balaban J connectivity index is 1.83. The fourth-order valence-corrected chi connectivity index (χ4v) is 4.21. The van der Waals surface area contributed by atoms with Crippen LogP contribution in [-0.2, 0) is 24.2 Å². The van der Waals surface area contributed by atoms with Gasteiger partial charge >= 0.3 is 0 Å². The van der Waals surface area contributed by atoms with Gasteiger partial charge in [-0.3, -0.25) is 14.2 Å². The first-order chi connectivity index (χ1) is 14.1. The van der Waals surface area contributed by atoms with E-state index in [0.29, 0.717) is 22.6 Å². The van der Waals surface area contributed by atoms with Gasteiger partial charge in [-0.1, -0.05) is 62.9 Å². The lowest BCUT2D eigenvalue weighted by atomic mass is 10.0. The minimum atomic E-state index is -0.0870. The number of carbonyl (C=O) groups is 1. The summed E-state index contributed by atoms with van der Waals surface area (Å²) in [5.41, 5.74) is 3.80. The summed E-state index contributed by atoms with van der Waals surface area (Å²) in [6.07, 6.45) is 2.54. The number of nitrogens with zero attached hydrogens (tertiary/aromatic N) is 2. The number of amides is 1. The van der Waals surface area contributed by atoms with Gasteiger partial charge in [0.15, 0.2) is 5.16 Å². The van der Waals surface area contributed by atoms with Gasteiger partial charge < -0.3 is 5.32 Å². The SMILES string of the molecule is CCCn1c(SCC(=O)Nc2c(CC)cccc2CC)nc2ccccc2c1=O. The third-order valence-electron chi connectivity index (χ3n) is 4.87. The fraction of sp³-hybridized carbons (Fsp3) is 0.348. The Kier molecular flexibility index (Phi) is 7.09. The molecule has 0 aliphatic carbocycles. The van der Waals surface area contributed by atoms with Crippen molar-refractivity contribution in [2.75, 3.05) is 11.1 Å². The van der Waals surface area contributed by atoms with Crippen molar-refractivity contribution in [2.24, 2.45) is 0 Å². The summed E-state index contributed by atoms with van der Waals surface area (Å²) in [7, 11) is 0. The highest BCUT2D eigenvalue weighted by Gasteiger charge is 2.14. The van der Waals surface area contributed by atoms with E-state index in [2.05, 4.69) is 24.1 Å². The van der Waals surface area contributed by atoms with Crippen molar-refractivity contribution in [1.29, 1.82) is 0 Å². The first kappa shape index (κ1) is 21.1. The number of fused-ring (bicyclic) bond motifs is 1. The molecular weight excluding hydrogens is 382 g/mol. The molecule has 3 aromatic rings. The number of thioether (sulfide) groups is 1. The molecule has 152 valence electrons. The van der Waals surface area contributed by atoms with Crippen LogP contribution >= 0.6 is 11.8 Å². The van der Waals surface area contributed by atoms with Crippen molar-refractivity contribution >= 4 is 34.3 Å². The zero-order valence-electron chi connectivity index (χ0n) is 17.2. The first-order valence-electron chi connectivity index (χ1n) is 10.1. The maximum Gasteiger partial charge on any atom is 0.262 e. The number of carbonyl (C=O) groups excluding carboxylic acids is 1. The maximum absolute atomic E-state index is 12.9. The van der Waals surface area contributed by atoms with E-state index in [0.717, 1.165) is 36.1 Å². The summed E-state index contributed by atoms with van der Waals surface area (Å²) < 4.78 is 1.68. The van der Waals surface area contributed by atoms with Crippen LogP contribution in [0.25, 0.3) is 10.9 Å². The number of hydrogen-bond acceptors (Lipinski definition) is 4. The average molecular weight is 410 g/mol. The number of anilines is 1. The van der Waals surface area contributed by atoms with Crippen LogP contribution in [0.4, 0.5) is 5.69 Å². The topological polar surface area (TPSA) is 64.0 Å². The second-order valence-electron chi connectivity index (χ2n) is 6.86. The predicted molar refractivity (Wildman–Crippen MR) is 121 cm³/mol. The lowest BCUT2D eigenvalue weighted by Crippen LogP contribution is -2.24. The van der Waals surface area contributed by atoms with Gasteiger partial charge in [0.1, 0.15) is 0 Å². The molecule has 0 spiro atoms. The summed E-state index contributed by atoms with van der Waals surface area (Å²) in [5, 5.41) is 4.28. The van der Waals surface area contributed by atoms with Crippen molar-refractivity contribution in [2.45, 2.75) is 51.7 Å². The van der Waals surface area contributed by atoms with Gasteiger partial charge in [-0.25, -0.2) is 4.98 Å². The number of aryl methyl sites for hydroxylation is 2. The van der Waals surface area contributed by atoms with Crippen molar-refractivity contribution in [1.82, 2.24) is 9.55 Å². The van der Waals surface area contributed by atoms with Gasteiger partial charge in [-0.05, 0) is 42.5 Å². The normalized spacial score (nSPS) is 11.0. The average Bonchev–Trinajstić information content (AvgIpc) is 2.74. The van der Waals surface area contributed by atoms with Crippen LogP contribution in [0.5, 0.6) is 0 Å². The third kappa shape index (κ3) is 4.70. The van der Waals surface area contributed by atoms with Crippen molar-refractivity contribution in [3.63, 3.8) is 0 Å². The van der Waals surface area contributed by atoms with Crippen LogP contribution < -0.4 is 10.9 Å². The summed E-state index contributed by atoms with van der Waals surface area (Å²) in [5.74, 6) is 0.117. The van der Waals surface area contributed by atoms with Gasteiger partial charge in [0, 0.05) is 12.2 Å². The third-order valence-corrected chi connectivity index (χ3v) is 5.85. The molecule has 2 aromatic carbocycles. The Morgan fingerprint density at radius 1 is 1.03 bits per heavy atom. The number of para-hydroxylation sites is 2. The molecule has 6 heteroatoms. The van der Waals surface area contributed by atoms with Gasteiger partial charge in [0.2, 0.25) is 5.91 Å². The number of rotatable bonds is 8. The highest BCUT2D eigenvalue weighted by atomic mass is 32.2. The van der Waals surface area contributed by atoms with Crippen LogP contribution in [0.15, 0.2) is 52.4 Å². The molecule has 3 rings (SSSR count). The van der Waals surface area contributed by atoms with E-state index in [-0.39, 0.29) is 17.2 Å². The van der Waals surface area contributed by atoms with Crippen LogP contribution in [0, 0.1) is 0 Å². The number of nitrogens with one attached hydrogen (secondary N) is 1. The highest BCUT2D eigenvalue weighted by Crippen LogP contribution is 2.24. The summed E-state index contributed by atoms with van der Waals surface area (Å²) in [4.78, 5) is 30.2. The van der Waals surface area contributed by atoms with Crippen LogP contribution in [0.3, 0.4) is 0 Å². The molecular formula is C23H27N3O2S. The molecule has 0 fully saturated rings. The second-order valence-corrected chi connectivity index (χ2v) is 7.81. The summed E-state index contributed by atoms with van der Waals surface area (Å²) >= 11 is 1.31. The lowest BCUT2D eigenvalue weighted by molar-refractivity contribution is -0.113. The second kappa shape index (κ2) is 9.74. The van der Waals surface area contributed by atoms with Gasteiger partial charge in [0.25, 0.3) is 5.56 Å². The minimum Gasteiger partial charge on any atom is -0.325 e. The molecule has 1 N–H and O–H groups in total. The largest absolute Gasteiger partial charge is 0.325 e. The minimum absolute atomic E-state index is 0.0510. The molecule has 0 bridgehead atoms. The Bertz CT molecular complexity index is 1050. The van der Waals surface area contributed by atoms with E-state index < -0.39 is 0 Å². The molecule has 0 radical (unpaired) electrons. The molecule has 0 unspecified atom stereocenters. The number of benzene rings is 2. The lowest BCUT2D eigenvalue weighted by Gasteiger charge is -2.15. The van der Waals surface area contributed by atoms with Gasteiger partial charge in [-0.2, -0.15) is 0 Å². The van der Waals surface area contributed by atoms with E-state index in [4.69, 9.17) is 0 Å². The monoisotopic (exact) mass is 409 g/mol. The first-order valence-corrected chi connectivity index (χ1v) is 11.1. The zero-order chi connectivity index (χ0) is 20.8.